The minimum absolute atomic E-state index is 0.129. The molecule has 0 saturated heterocycles. The van der Waals surface area contributed by atoms with Gasteiger partial charge in [-0.25, -0.2) is 0 Å². The van der Waals surface area contributed by atoms with Crippen molar-refractivity contribution in [3.05, 3.63) is 81.9 Å². The van der Waals surface area contributed by atoms with Gasteiger partial charge in [0.25, 0.3) is 5.91 Å². The topological polar surface area (TPSA) is 88.1 Å². The van der Waals surface area contributed by atoms with Crippen molar-refractivity contribution in [1.29, 1.82) is 0 Å². The number of amides is 1. The molecule has 0 fully saturated rings. The Bertz CT molecular complexity index is 1330. The number of hydrogen-bond acceptors (Lipinski definition) is 5. The smallest absolute Gasteiger partial charge is 0.313 e. The Morgan fingerprint density at radius 2 is 1.81 bits per heavy atom. The number of anilines is 2. The molecule has 8 heteroatoms. The Kier molecular flexibility index (Phi) is 7.37. The highest BCUT2D eigenvalue weighted by Crippen LogP contribution is 2.33. The Balaban J connectivity index is 1.47. The fraction of sp³-hybridized carbons (Fsp3) is 0.310. The first-order valence-electron chi connectivity index (χ1n) is 12.0. The number of aryl methyl sites for hydroxylation is 2. The van der Waals surface area contributed by atoms with E-state index in [1.807, 2.05) is 57.3 Å². The molecule has 1 aliphatic heterocycles. The number of carboxylic acid groups (broad SMARTS) is 1. The van der Waals surface area contributed by atoms with Crippen LogP contribution in [0.1, 0.15) is 40.9 Å². The van der Waals surface area contributed by atoms with Crippen LogP contribution in [0.15, 0.2) is 54.6 Å². The van der Waals surface area contributed by atoms with Crippen molar-refractivity contribution in [2.24, 2.45) is 0 Å². The summed E-state index contributed by atoms with van der Waals surface area (Å²) in [4.78, 5) is 27.0. The Labute approximate surface area is 222 Å². The van der Waals surface area contributed by atoms with E-state index < -0.39 is 11.4 Å². The highest BCUT2D eigenvalue weighted by molar-refractivity contribution is 6.31. The number of aliphatic carboxylic acids is 1. The first kappa shape index (κ1) is 26.4. The number of benzene rings is 3. The number of fused-ring (bicyclic) bond motifs is 1. The van der Waals surface area contributed by atoms with Gasteiger partial charge in [-0.05, 0) is 86.8 Å². The number of halogens is 1. The standard InChI is InChI=1S/C29H31ClN2O5/c1-17-10-22(36-16-23-15-32(5)24-8-6-7-9-25(24)37-23)11-18(2)26(17)27(33)31-21-13-19(12-20(30)14-21)29(3,4)28(34)35/h6-14,23H,15-16H2,1-5H3,(H,31,33)(H,34,35)/t23-/m0/s1. The summed E-state index contributed by atoms with van der Waals surface area (Å²) >= 11 is 6.24. The molecule has 7 nitrogen and oxygen atoms in total. The van der Waals surface area contributed by atoms with Gasteiger partial charge in [0.05, 0.1) is 17.6 Å². The molecule has 0 radical (unpaired) electrons. The lowest BCUT2D eigenvalue weighted by atomic mass is 9.84. The van der Waals surface area contributed by atoms with Gasteiger partial charge in [0.2, 0.25) is 0 Å². The molecule has 0 unspecified atom stereocenters. The van der Waals surface area contributed by atoms with Gasteiger partial charge in [0.1, 0.15) is 24.2 Å². The predicted molar refractivity (Wildman–Crippen MR) is 146 cm³/mol. The summed E-state index contributed by atoms with van der Waals surface area (Å²) in [5.41, 5.74) is 2.86. The van der Waals surface area contributed by atoms with E-state index in [2.05, 4.69) is 10.2 Å². The van der Waals surface area contributed by atoms with E-state index >= 15 is 0 Å². The minimum Gasteiger partial charge on any atom is -0.490 e. The quantitative estimate of drug-likeness (QED) is 0.405. The van der Waals surface area contributed by atoms with Crippen LogP contribution >= 0.6 is 11.6 Å². The SMILES string of the molecule is Cc1cc(OC[C@@H]2CN(C)c3ccccc3O2)cc(C)c1C(=O)Nc1cc(Cl)cc(C(C)(C)C(=O)O)c1. The van der Waals surface area contributed by atoms with E-state index in [0.717, 1.165) is 22.6 Å². The monoisotopic (exact) mass is 522 g/mol. The van der Waals surface area contributed by atoms with Crippen LogP contribution in [0, 0.1) is 13.8 Å². The van der Waals surface area contributed by atoms with Crippen molar-refractivity contribution in [2.45, 2.75) is 39.2 Å². The Morgan fingerprint density at radius 1 is 1.14 bits per heavy atom. The zero-order valence-corrected chi connectivity index (χ0v) is 22.3. The third kappa shape index (κ3) is 5.67. The number of carboxylic acids is 1. The average Bonchev–Trinajstić information content (AvgIpc) is 2.82. The molecule has 0 aromatic heterocycles. The summed E-state index contributed by atoms with van der Waals surface area (Å²) in [5, 5.41) is 12.8. The van der Waals surface area contributed by atoms with E-state index in [9.17, 15) is 14.7 Å². The number of nitrogens with one attached hydrogen (secondary N) is 1. The normalized spacial score (nSPS) is 15.0. The van der Waals surface area contributed by atoms with Gasteiger partial charge in [0, 0.05) is 23.3 Å². The molecule has 2 N–H and O–H groups in total. The highest BCUT2D eigenvalue weighted by Gasteiger charge is 2.30. The number of rotatable bonds is 7. The molecule has 1 aliphatic rings. The van der Waals surface area contributed by atoms with Gasteiger partial charge in [-0.2, -0.15) is 0 Å². The Hall–Kier alpha value is -3.71. The number of nitrogens with zero attached hydrogens (tertiary/aromatic N) is 1. The fourth-order valence-electron chi connectivity index (χ4n) is 4.47. The lowest BCUT2D eigenvalue weighted by molar-refractivity contribution is -0.142. The van der Waals surface area contributed by atoms with E-state index in [-0.39, 0.29) is 12.0 Å². The van der Waals surface area contributed by atoms with E-state index in [1.54, 1.807) is 32.0 Å². The maximum absolute atomic E-state index is 13.2. The molecule has 1 amide bonds. The second kappa shape index (κ2) is 10.3. The van der Waals surface area contributed by atoms with Gasteiger partial charge in [-0.1, -0.05) is 23.7 Å². The van der Waals surface area contributed by atoms with Crippen LogP contribution in [-0.2, 0) is 10.2 Å². The van der Waals surface area contributed by atoms with Crippen LogP contribution in [0.2, 0.25) is 5.02 Å². The van der Waals surface area contributed by atoms with Gasteiger partial charge < -0.3 is 24.8 Å². The summed E-state index contributed by atoms with van der Waals surface area (Å²) in [5.74, 6) is 0.200. The third-order valence-corrected chi connectivity index (χ3v) is 6.85. The zero-order valence-electron chi connectivity index (χ0n) is 21.6. The van der Waals surface area contributed by atoms with Crippen molar-refractivity contribution >= 4 is 34.9 Å². The molecule has 1 heterocycles. The second-order valence-electron chi connectivity index (χ2n) is 9.94. The minimum atomic E-state index is -1.16. The first-order valence-corrected chi connectivity index (χ1v) is 12.4. The van der Waals surface area contributed by atoms with Crippen LogP contribution < -0.4 is 19.7 Å². The second-order valence-corrected chi connectivity index (χ2v) is 10.4. The van der Waals surface area contributed by atoms with Crippen molar-refractivity contribution in [1.82, 2.24) is 0 Å². The Morgan fingerprint density at radius 3 is 2.49 bits per heavy atom. The number of hydrogen-bond donors (Lipinski definition) is 2. The van der Waals surface area contributed by atoms with E-state index in [1.165, 1.54) is 0 Å². The van der Waals surface area contributed by atoms with Gasteiger partial charge in [0.15, 0.2) is 0 Å². The van der Waals surface area contributed by atoms with Crippen LogP contribution in [0.3, 0.4) is 0 Å². The zero-order chi connectivity index (χ0) is 26.9. The summed E-state index contributed by atoms with van der Waals surface area (Å²) in [7, 11) is 2.03. The number of ether oxygens (including phenoxy) is 2. The fourth-order valence-corrected chi connectivity index (χ4v) is 4.71. The van der Waals surface area contributed by atoms with Crippen molar-refractivity contribution in [3.8, 4) is 11.5 Å². The highest BCUT2D eigenvalue weighted by atomic mass is 35.5. The van der Waals surface area contributed by atoms with Crippen molar-refractivity contribution < 1.29 is 24.2 Å². The largest absolute Gasteiger partial charge is 0.490 e. The van der Waals surface area contributed by atoms with Gasteiger partial charge >= 0.3 is 5.97 Å². The molecular formula is C29H31ClN2O5. The summed E-state index contributed by atoms with van der Waals surface area (Å²) in [6.07, 6.45) is -0.129. The lowest BCUT2D eigenvalue weighted by Crippen LogP contribution is -2.41. The molecule has 0 bridgehead atoms. The molecule has 1 atom stereocenters. The summed E-state index contributed by atoms with van der Waals surface area (Å²) < 4.78 is 12.2. The van der Waals surface area contributed by atoms with Crippen LogP contribution in [0.4, 0.5) is 11.4 Å². The molecule has 3 aromatic rings. The van der Waals surface area contributed by atoms with Crippen LogP contribution in [0.25, 0.3) is 0 Å². The number of carbonyl (C=O) groups is 2. The summed E-state index contributed by atoms with van der Waals surface area (Å²) in [6.45, 7) is 7.97. The molecule has 0 aliphatic carbocycles. The molecule has 194 valence electrons. The molecule has 37 heavy (non-hydrogen) atoms. The maximum Gasteiger partial charge on any atom is 0.313 e. The number of para-hydroxylation sites is 2. The van der Waals surface area contributed by atoms with E-state index in [0.29, 0.717) is 40.7 Å². The average molecular weight is 523 g/mol. The van der Waals surface area contributed by atoms with Crippen molar-refractivity contribution in [2.75, 3.05) is 30.4 Å². The molecule has 0 saturated carbocycles. The third-order valence-electron chi connectivity index (χ3n) is 6.63. The maximum atomic E-state index is 13.2. The molecule has 0 spiro atoms. The molecule has 4 rings (SSSR count). The predicted octanol–water partition coefficient (Wildman–Crippen LogP) is 5.85. The molecular weight excluding hydrogens is 492 g/mol. The lowest BCUT2D eigenvalue weighted by Gasteiger charge is -2.33. The van der Waals surface area contributed by atoms with Crippen LogP contribution in [-0.4, -0.2) is 43.3 Å². The number of carbonyl (C=O) groups excluding carboxylic acids is 1. The summed E-state index contributed by atoms with van der Waals surface area (Å²) in [6, 6.07) is 16.4. The van der Waals surface area contributed by atoms with E-state index in [4.69, 9.17) is 21.1 Å². The van der Waals surface area contributed by atoms with Crippen LogP contribution in [0.5, 0.6) is 11.5 Å². The van der Waals surface area contributed by atoms with Gasteiger partial charge in [-0.3, -0.25) is 9.59 Å². The van der Waals surface area contributed by atoms with Gasteiger partial charge in [-0.15, -0.1) is 0 Å². The molecule has 3 aromatic carbocycles. The number of likely N-dealkylation sites (N-methyl/N-ethyl adjacent to an activating group) is 1. The van der Waals surface area contributed by atoms with Crippen molar-refractivity contribution in [3.63, 3.8) is 0 Å². The first-order chi connectivity index (χ1) is 17.5.